The summed E-state index contributed by atoms with van der Waals surface area (Å²) in [7, 11) is 0. The van der Waals surface area contributed by atoms with E-state index in [4.69, 9.17) is 0 Å². The second kappa shape index (κ2) is 6.00. The van der Waals surface area contributed by atoms with Gasteiger partial charge in [-0.25, -0.2) is 9.97 Å². The van der Waals surface area contributed by atoms with Crippen molar-refractivity contribution in [1.29, 1.82) is 0 Å². The molecule has 0 spiro atoms. The van der Waals surface area contributed by atoms with Crippen molar-refractivity contribution in [2.45, 2.75) is 19.1 Å². The number of benzene rings is 1. The van der Waals surface area contributed by atoms with E-state index in [9.17, 15) is 13.2 Å². The first-order valence-corrected chi connectivity index (χ1v) is 6.20. The minimum absolute atomic E-state index is 0.452. The van der Waals surface area contributed by atoms with E-state index in [0.29, 0.717) is 17.9 Å². The summed E-state index contributed by atoms with van der Waals surface area (Å²) < 4.78 is 38.3. The lowest BCUT2D eigenvalue weighted by atomic mass is 10.0. The van der Waals surface area contributed by atoms with Crippen LogP contribution in [0.5, 0.6) is 0 Å². The summed E-state index contributed by atoms with van der Waals surface area (Å²) in [4.78, 5) is 8.22. The molecule has 1 N–H and O–H groups in total. The maximum atomic E-state index is 12.8. The average Bonchev–Trinajstić information content (AvgIpc) is 2.45. The van der Waals surface area contributed by atoms with Crippen molar-refractivity contribution in [2.75, 3.05) is 6.54 Å². The molecule has 1 aromatic heterocycles. The normalized spacial score (nSPS) is 13.2. The van der Waals surface area contributed by atoms with Crippen LogP contribution in [-0.2, 0) is 6.18 Å². The van der Waals surface area contributed by atoms with Gasteiger partial charge >= 0.3 is 6.18 Å². The predicted octanol–water partition coefficient (Wildman–Crippen LogP) is 3.19. The third kappa shape index (κ3) is 3.33. The number of nitrogens with zero attached hydrogens (tertiary/aromatic N) is 2. The molecule has 3 nitrogen and oxygen atoms in total. The van der Waals surface area contributed by atoms with Crippen LogP contribution < -0.4 is 5.32 Å². The van der Waals surface area contributed by atoms with E-state index in [0.717, 1.165) is 12.1 Å². The lowest BCUT2D eigenvalue weighted by molar-refractivity contribution is -0.137. The van der Waals surface area contributed by atoms with E-state index in [1.807, 2.05) is 6.92 Å². The van der Waals surface area contributed by atoms with Gasteiger partial charge in [0.15, 0.2) is 0 Å². The molecule has 0 saturated heterocycles. The van der Waals surface area contributed by atoms with Crippen LogP contribution in [0.3, 0.4) is 0 Å². The maximum absolute atomic E-state index is 12.8. The molecule has 106 valence electrons. The summed E-state index contributed by atoms with van der Waals surface area (Å²) in [6.45, 7) is 2.47. The van der Waals surface area contributed by atoms with E-state index in [1.54, 1.807) is 24.5 Å². The summed E-state index contributed by atoms with van der Waals surface area (Å²) in [6, 6.07) is 6.42. The highest BCUT2D eigenvalue weighted by molar-refractivity contribution is 5.31. The highest BCUT2D eigenvalue weighted by atomic mass is 19.4. The third-order valence-electron chi connectivity index (χ3n) is 2.80. The van der Waals surface area contributed by atoms with E-state index in [2.05, 4.69) is 15.3 Å². The number of aromatic nitrogens is 2. The number of hydrogen-bond acceptors (Lipinski definition) is 3. The van der Waals surface area contributed by atoms with Gasteiger partial charge in [-0.05, 0) is 30.3 Å². The van der Waals surface area contributed by atoms with Gasteiger partial charge in [0.05, 0.1) is 11.6 Å². The molecule has 2 rings (SSSR count). The van der Waals surface area contributed by atoms with Gasteiger partial charge in [-0.15, -0.1) is 0 Å². The highest BCUT2D eigenvalue weighted by Gasteiger charge is 2.31. The van der Waals surface area contributed by atoms with Crippen LogP contribution >= 0.6 is 0 Å². The van der Waals surface area contributed by atoms with Crippen molar-refractivity contribution in [3.8, 4) is 0 Å². The first kappa shape index (κ1) is 14.5. The molecular weight excluding hydrogens is 267 g/mol. The second-order valence-corrected chi connectivity index (χ2v) is 4.22. The predicted molar refractivity (Wildman–Crippen MR) is 69.0 cm³/mol. The molecule has 0 bridgehead atoms. The van der Waals surface area contributed by atoms with Gasteiger partial charge in [0.1, 0.15) is 5.82 Å². The summed E-state index contributed by atoms with van der Waals surface area (Å²) in [5.41, 5.74) is -0.179. The highest BCUT2D eigenvalue weighted by Crippen LogP contribution is 2.31. The Morgan fingerprint density at radius 1 is 1.15 bits per heavy atom. The van der Waals surface area contributed by atoms with E-state index in [-0.39, 0.29) is 0 Å². The van der Waals surface area contributed by atoms with E-state index in [1.165, 1.54) is 6.07 Å². The number of hydrogen-bond donors (Lipinski definition) is 1. The van der Waals surface area contributed by atoms with Gasteiger partial charge in [-0.2, -0.15) is 13.2 Å². The van der Waals surface area contributed by atoms with Crippen LogP contribution in [0.4, 0.5) is 13.2 Å². The van der Waals surface area contributed by atoms with Crippen molar-refractivity contribution in [1.82, 2.24) is 15.3 Å². The van der Waals surface area contributed by atoms with Crippen LogP contribution in [0.15, 0.2) is 42.7 Å². The summed E-state index contributed by atoms with van der Waals surface area (Å²) in [5, 5.41) is 3.10. The fourth-order valence-corrected chi connectivity index (χ4v) is 1.92. The fourth-order valence-electron chi connectivity index (χ4n) is 1.92. The Hall–Kier alpha value is -1.95. The first-order chi connectivity index (χ1) is 9.52. The van der Waals surface area contributed by atoms with Crippen LogP contribution in [0.1, 0.15) is 29.9 Å². The number of halogens is 3. The molecule has 1 heterocycles. The van der Waals surface area contributed by atoms with Crippen molar-refractivity contribution >= 4 is 0 Å². The zero-order valence-corrected chi connectivity index (χ0v) is 10.9. The summed E-state index contributed by atoms with van der Waals surface area (Å²) in [6.07, 6.45) is -1.22. The molecule has 1 unspecified atom stereocenters. The van der Waals surface area contributed by atoms with Crippen LogP contribution in [0, 0.1) is 0 Å². The Bertz CT molecular complexity index is 555. The molecule has 1 atom stereocenters. The van der Waals surface area contributed by atoms with Gasteiger partial charge < -0.3 is 5.32 Å². The Labute approximate surface area is 114 Å². The Morgan fingerprint density at radius 2 is 1.85 bits per heavy atom. The van der Waals surface area contributed by atoms with Crippen molar-refractivity contribution < 1.29 is 13.2 Å². The molecule has 1 aromatic carbocycles. The van der Waals surface area contributed by atoms with Gasteiger partial charge in [-0.3, -0.25) is 0 Å². The van der Waals surface area contributed by atoms with Crippen LogP contribution in [-0.4, -0.2) is 16.5 Å². The molecule has 0 aliphatic rings. The van der Waals surface area contributed by atoms with Crippen molar-refractivity contribution in [3.05, 3.63) is 59.7 Å². The maximum Gasteiger partial charge on any atom is 0.416 e. The van der Waals surface area contributed by atoms with Crippen LogP contribution in [0.2, 0.25) is 0 Å². The molecule has 6 heteroatoms. The molecule has 0 aliphatic carbocycles. The summed E-state index contributed by atoms with van der Waals surface area (Å²) in [5.74, 6) is 0.452. The van der Waals surface area contributed by atoms with Crippen molar-refractivity contribution in [2.24, 2.45) is 0 Å². The smallest absolute Gasteiger partial charge is 0.304 e. The standard InChI is InChI=1S/C14H14F3N3/c1-2-18-12(13-19-7-4-8-20-13)10-5-3-6-11(9-10)14(15,16)17/h3-9,12,18H,2H2,1H3. The lowest BCUT2D eigenvalue weighted by Gasteiger charge is -2.18. The van der Waals surface area contributed by atoms with Crippen molar-refractivity contribution in [3.63, 3.8) is 0 Å². The zero-order valence-electron chi connectivity index (χ0n) is 10.9. The molecular formula is C14H14F3N3. The van der Waals surface area contributed by atoms with Crippen LogP contribution in [0.25, 0.3) is 0 Å². The molecule has 0 aliphatic heterocycles. The largest absolute Gasteiger partial charge is 0.416 e. The van der Waals surface area contributed by atoms with Gasteiger partial charge in [0.2, 0.25) is 0 Å². The summed E-state index contributed by atoms with van der Waals surface area (Å²) >= 11 is 0. The monoisotopic (exact) mass is 281 g/mol. The molecule has 0 saturated carbocycles. The molecule has 0 amide bonds. The Kier molecular flexibility index (Phi) is 4.34. The number of alkyl halides is 3. The molecule has 20 heavy (non-hydrogen) atoms. The quantitative estimate of drug-likeness (QED) is 0.935. The molecule has 0 radical (unpaired) electrons. The Balaban J connectivity index is 2.40. The number of nitrogens with one attached hydrogen (secondary N) is 1. The second-order valence-electron chi connectivity index (χ2n) is 4.22. The average molecular weight is 281 g/mol. The topological polar surface area (TPSA) is 37.8 Å². The lowest BCUT2D eigenvalue weighted by Crippen LogP contribution is -2.24. The first-order valence-electron chi connectivity index (χ1n) is 6.20. The Morgan fingerprint density at radius 3 is 2.45 bits per heavy atom. The van der Waals surface area contributed by atoms with E-state index >= 15 is 0 Å². The number of rotatable bonds is 4. The van der Waals surface area contributed by atoms with E-state index < -0.39 is 17.8 Å². The zero-order chi connectivity index (χ0) is 14.6. The molecule has 2 aromatic rings. The minimum atomic E-state index is -4.36. The van der Waals surface area contributed by atoms with Gasteiger partial charge in [0.25, 0.3) is 0 Å². The molecule has 0 fully saturated rings. The SMILES string of the molecule is CCNC(c1cccc(C(F)(F)F)c1)c1ncccn1. The minimum Gasteiger partial charge on any atom is -0.304 e. The van der Waals surface area contributed by atoms with Gasteiger partial charge in [0, 0.05) is 12.4 Å². The van der Waals surface area contributed by atoms with Gasteiger partial charge in [-0.1, -0.05) is 19.1 Å². The fraction of sp³-hybridized carbons (Fsp3) is 0.286. The third-order valence-corrected chi connectivity index (χ3v) is 2.80.